The second-order valence-corrected chi connectivity index (χ2v) is 4.43. The van der Waals surface area contributed by atoms with Gasteiger partial charge in [0.15, 0.2) is 0 Å². The van der Waals surface area contributed by atoms with Crippen molar-refractivity contribution < 1.29 is 4.79 Å². The summed E-state index contributed by atoms with van der Waals surface area (Å²) in [4.78, 5) is 10.9. The third kappa shape index (κ3) is 2.83. The number of carbonyl (C=O) groups is 1. The van der Waals surface area contributed by atoms with Crippen LogP contribution in [0.1, 0.15) is 29.9 Å². The number of hydrogen-bond acceptors (Lipinski definition) is 2. The van der Waals surface area contributed by atoms with Crippen LogP contribution in [0, 0.1) is 0 Å². The fourth-order valence-corrected chi connectivity index (χ4v) is 2.29. The van der Waals surface area contributed by atoms with Crippen molar-refractivity contribution in [3.8, 4) is 0 Å². The quantitative estimate of drug-likeness (QED) is 0.800. The van der Waals surface area contributed by atoms with E-state index in [1.807, 2.05) is 12.1 Å². The molecule has 0 spiro atoms. The molecule has 86 valence electrons. The highest BCUT2D eigenvalue weighted by Gasteiger charge is 2.15. The Kier molecular flexibility index (Phi) is 3.57. The molecule has 3 N–H and O–H groups in total. The van der Waals surface area contributed by atoms with Gasteiger partial charge in [0, 0.05) is 6.54 Å². The average Bonchev–Trinajstić information content (AvgIpc) is 2.30. The SMILES string of the molecule is NC(=O)Cc1cccc(C2CCCNC2)c1. The number of amides is 1. The molecule has 3 heteroatoms. The van der Waals surface area contributed by atoms with Crippen molar-refractivity contribution in [2.24, 2.45) is 5.73 Å². The zero-order valence-electron chi connectivity index (χ0n) is 9.41. The minimum absolute atomic E-state index is 0.265. The molecule has 1 unspecified atom stereocenters. The van der Waals surface area contributed by atoms with Crippen molar-refractivity contribution in [1.82, 2.24) is 5.32 Å². The maximum atomic E-state index is 10.9. The number of rotatable bonds is 3. The maximum Gasteiger partial charge on any atom is 0.221 e. The van der Waals surface area contributed by atoms with E-state index in [0.29, 0.717) is 12.3 Å². The average molecular weight is 218 g/mol. The largest absolute Gasteiger partial charge is 0.369 e. The van der Waals surface area contributed by atoms with Gasteiger partial charge in [0.2, 0.25) is 5.91 Å². The van der Waals surface area contributed by atoms with Gasteiger partial charge in [-0.3, -0.25) is 4.79 Å². The fraction of sp³-hybridized carbons (Fsp3) is 0.462. The van der Waals surface area contributed by atoms with Gasteiger partial charge in [0.1, 0.15) is 0 Å². The van der Waals surface area contributed by atoms with Gasteiger partial charge in [0.05, 0.1) is 6.42 Å². The lowest BCUT2D eigenvalue weighted by Crippen LogP contribution is -2.28. The molecule has 0 bridgehead atoms. The van der Waals surface area contributed by atoms with E-state index < -0.39 is 0 Å². The van der Waals surface area contributed by atoms with Crippen molar-refractivity contribution in [2.45, 2.75) is 25.2 Å². The molecule has 3 nitrogen and oxygen atoms in total. The summed E-state index contributed by atoms with van der Waals surface area (Å²) in [6.07, 6.45) is 2.80. The summed E-state index contributed by atoms with van der Waals surface area (Å²) in [6, 6.07) is 8.23. The van der Waals surface area contributed by atoms with Gasteiger partial charge in [0.25, 0.3) is 0 Å². The van der Waals surface area contributed by atoms with Gasteiger partial charge < -0.3 is 11.1 Å². The van der Waals surface area contributed by atoms with Gasteiger partial charge in [-0.25, -0.2) is 0 Å². The lowest BCUT2D eigenvalue weighted by Gasteiger charge is -2.23. The van der Waals surface area contributed by atoms with Crippen molar-refractivity contribution >= 4 is 5.91 Å². The first-order valence-corrected chi connectivity index (χ1v) is 5.83. The number of piperidine rings is 1. The topological polar surface area (TPSA) is 55.1 Å². The fourth-order valence-electron chi connectivity index (χ4n) is 2.29. The van der Waals surface area contributed by atoms with Gasteiger partial charge in [-0.05, 0) is 36.4 Å². The molecule has 1 aliphatic rings. The summed E-state index contributed by atoms with van der Waals surface area (Å²) in [5.41, 5.74) is 7.55. The Morgan fingerprint density at radius 2 is 2.38 bits per heavy atom. The van der Waals surface area contributed by atoms with Crippen LogP contribution in [0.15, 0.2) is 24.3 Å². The van der Waals surface area contributed by atoms with E-state index in [1.54, 1.807) is 0 Å². The second-order valence-electron chi connectivity index (χ2n) is 4.43. The predicted molar refractivity (Wildman–Crippen MR) is 64.2 cm³/mol. The molecule has 1 heterocycles. The molecule has 16 heavy (non-hydrogen) atoms. The highest BCUT2D eigenvalue weighted by atomic mass is 16.1. The Balaban J connectivity index is 2.11. The zero-order valence-corrected chi connectivity index (χ0v) is 9.41. The zero-order chi connectivity index (χ0) is 11.4. The molecule has 1 amide bonds. The highest BCUT2D eigenvalue weighted by Crippen LogP contribution is 2.23. The molecule has 2 rings (SSSR count). The second kappa shape index (κ2) is 5.12. The number of carbonyl (C=O) groups excluding carboxylic acids is 1. The van der Waals surface area contributed by atoms with E-state index >= 15 is 0 Å². The van der Waals surface area contributed by atoms with Gasteiger partial charge in [-0.1, -0.05) is 24.3 Å². The summed E-state index contributed by atoms with van der Waals surface area (Å²) in [5, 5.41) is 3.40. The molecule has 0 saturated carbocycles. The third-order valence-corrected chi connectivity index (χ3v) is 3.10. The Labute approximate surface area is 96.0 Å². The van der Waals surface area contributed by atoms with Crippen LogP contribution in [0.4, 0.5) is 0 Å². The molecule has 0 radical (unpaired) electrons. The van der Waals surface area contributed by atoms with Crippen LogP contribution < -0.4 is 11.1 Å². The first-order chi connectivity index (χ1) is 7.75. The van der Waals surface area contributed by atoms with E-state index in [-0.39, 0.29) is 5.91 Å². The summed E-state index contributed by atoms with van der Waals surface area (Å²) >= 11 is 0. The van der Waals surface area contributed by atoms with Crippen LogP contribution in [0.5, 0.6) is 0 Å². The molecule has 1 atom stereocenters. The van der Waals surface area contributed by atoms with Crippen molar-refractivity contribution in [2.75, 3.05) is 13.1 Å². The van der Waals surface area contributed by atoms with Crippen molar-refractivity contribution in [3.63, 3.8) is 0 Å². The highest BCUT2D eigenvalue weighted by molar-refractivity contribution is 5.76. The van der Waals surface area contributed by atoms with Crippen molar-refractivity contribution in [3.05, 3.63) is 35.4 Å². The minimum atomic E-state index is -0.265. The summed E-state index contributed by atoms with van der Waals surface area (Å²) < 4.78 is 0. The van der Waals surface area contributed by atoms with Crippen LogP contribution >= 0.6 is 0 Å². The number of hydrogen-bond donors (Lipinski definition) is 2. The lowest BCUT2D eigenvalue weighted by atomic mass is 9.90. The minimum Gasteiger partial charge on any atom is -0.369 e. The summed E-state index contributed by atoms with van der Waals surface area (Å²) in [5.74, 6) is 0.320. The van der Waals surface area contributed by atoms with Gasteiger partial charge in [-0.15, -0.1) is 0 Å². The molecular formula is C13H18N2O. The van der Waals surface area contributed by atoms with Crippen LogP contribution in [0.2, 0.25) is 0 Å². The van der Waals surface area contributed by atoms with E-state index in [0.717, 1.165) is 18.7 Å². The van der Waals surface area contributed by atoms with Crippen LogP contribution in [0.25, 0.3) is 0 Å². The molecule has 1 aliphatic heterocycles. The molecule has 1 saturated heterocycles. The van der Waals surface area contributed by atoms with Gasteiger partial charge >= 0.3 is 0 Å². The Bertz CT molecular complexity index is 370. The standard InChI is InChI=1S/C13H18N2O/c14-13(16)8-10-3-1-4-11(7-10)12-5-2-6-15-9-12/h1,3-4,7,12,15H,2,5-6,8-9H2,(H2,14,16). The van der Waals surface area contributed by atoms with E-state index in [2.05, 4.69) is 17.4 Å². The molecule has 1 aromatic rings. The van der Waals surface area contributed by atoms with E-state index in [1.165, 1.54) is 18.4 Å². The lowest BCUT2D eigenvalue weighted by molar-refractivity contribution is -0.117. The monoisotopic (exact) mass is 218 g/mol. The molecule has 0 aliphatic carbocycles. The Hall–Kier alpha value is -1.35. The predicted octanol–water partition coefficient (Wildman–Crippen LogP) is 1.18. The number of nitrogens with one attached hydrogen (secondary N) is 1. The summed E-state index contributed by atoms with van der Waals surface area (Å²) in [6.45, 7) is 2.16. The number of benzene rings is 1. The van der Waals surface area contributed by atoms with Crippen LogP contribution in [0.3, 0.4) is 0 Å². The Morgan fingerprint density at radius 1 is 1.50 bits per heavy atom. The first kappa shape index (κ1) is 11.1. The number of nitrogens with two attached hydrogens (primary N) is 1. The Morgan fingerprint density at radius 3 is 3.06 bits per heavy atom. The third-order valence-electron chi connectivity index (χ3n) is 3.10. The van der Waals surface area contributed by atoms with Crippen molar-refractivity contribution in [1.29, 1.82) is 0 Å². The van der Waals surface area contributed by atoms with Gasteiger partial charge in [-0.2, -0.15) is 0 Å². The molecule has 1 fully saturated rings. The molecule has 0 aromatic heterocycles. The first-order valence-electron chi connectivity index (χ1n) is 5.83. The maximum absolute atomic E-state index is 10.9. The van der Waals surface area contributed by atoms with E-state index in [9.17, 15) is 4.79 Å². The smallest absolute Gasteiger partial charge is 0.221 e. The molecular weight excluding hydrogens is 200 g/mol. The molecule has 1 aromatic carbocycles. The summed E-state index contributed by atoms with van der Waals surface area (Å²) in [7, 11) is 0. The number of primary amides is 1. The van der Waals surface area contributed by atoms with Crippen LogP contribution in [-0.2, 0) is 11.2 Å². The normalized spacial score (nSPS) is 20.6. The van der Waals surface area contributed by atoms with Crippen LogP contribution in [-0.4, -0.2) is 19.0 Å². The van der Waals surface area contributed by atoms with E-state index in [4.69, 9.17) is 5.73 Å².